The van der Waals surface area contributed by atoms with Crippen molar-refractivity contribution in [2.45, 2.75) is 0 Å². The molecule has 12 heavy (non-hydrogen) atoms. The molecule has 0 spiro atoms. The van der Waals surface area contributed by atoms with Crippen molar-refractivity contribution in [2.24, 2.45) is 0 Å². The number of rotatable bonds is 1. The summed E-state index contributed by atoms with van der Waals surface area (Å²) in [6.45, 7) is 0. The van der Waals surface area contributed by atoms with Gasteiger partial charge in [0, 0.05) is 18.3 Å². The van der Waals surface area contributed by atoms with Crippen LogP contribution in [0.4, 0.5) is 0 Å². The second kappa shape index (κ2) is 2.37. The molecule has 0 fully saturated rings. The minimum atomic E-state index is -0.150. The monoisotopic (exact) mass is 165 g/mol. The van der Waals surface area contributed by atoms with Gasteiger partial charge in [-0.15, -0.1) is 0 Å². The van der Waals surface area contributed by atoms with Gasteiger partial charge in [-0.2, -0.15) is 4.52 Å². The summed E-state index contributed by atoms with van der Waals surface area (Å²) in [5.41, 5.74) is 0.405. The molecule has 0 unspecified atom stereocenters. The first-order chi connectivity index (χ1) is 5.81. The molecule has 62 valence electrons. The van der Waals surface area contributed by atoms with Gasteiger partial charge in [-0.3, -0.25) is 9.89 Å². The number of methoxy groups -OCH3 is 1. The number of H-pyrrole nitrogens is 1. The highest BCUT2D eigenvalue weighted by molar-refractivity contribution is 5.40. The Labute approximate surface area is 67.6 Å². The summed E-state index contributed by atoms with van der Waals surface area (Å²) in [4.78, 5) is 15.1. The fraction of sp³-hybridized carbons (Fsp3) is 0.143. The van der Waals surface area contributed by atoms with Crippen LogP contribution in [0.2, 0.25) is 0 Å². The van der Waals surface area contributed by atoms with E-state index in [4.69, 9.17) is 4.74 Å². The quantitative estimate of drug-likeness (QED) is 0.648. The van der Waals surface area contributed by atoms with Crippen molar-refractivity contribution in [3.63, 3.8) is 0 Å². The van der Waals surface area contributed by atoms with Crippen molar-refractivity contribution < 1.29 is 4.74 Å². The van der Waals surface area contributed by atoms with Gasteiger partial charge >= 0.3 is 0 Å². The summed E-state index contributed by atoms with van der Waals surface area (Å²) in [6.07, 6.45) is 1.46. The lowest BCUT2D eigenvalue weighted by molar-refractivity contribution is 0.394. The van der Waals surface area contributed by atoms with E-state index in [1.54, 1.807) is 6.07 Å². The number of ether oxygens (including phenoxy) is 1. The SMILES string of the molecule is COc1cc2nccc(=O)n2[nH]1. The molecule has 1 N–H and O–H groups in total. The van der Waals surface area contributed by atoms with Crippen LogP contribution in [0, 0.1) is 0 Å². The van der Waals surface area contributed by atoms with Crippen molar-refractivity contribution in [3.8, 4) is 5.88 Å². The fourth-order valence-electron chi connectivity index (χ4n) is 1.00. The fourth-order valence-corrected chi connectivity index (χ4v) is 1.00. The number of aromatic nitrogens is 3. The first-order valence-corrected chi connectivity index (χ1v) is 3.42. The Hall–Kier alpha value is -1.78. The van der Waals surface area contributed by atoms with Crippen molar-refractivity contribution in [2.75, 3.05) is 7.11 Å². The van der Waals surface area contributed by atoms with Crippen LogP contribution in [0.15, 0.2) is 23.1 Å². The number of nitrogens with one attached hydrogen (secondary N) is 1. The average Bonchev–Trinajstić information content (AvgIpc) is 2.49. The Morgan fingerprint density at radius 1 is 1.67 bits per heavy atom. The summed E-state index contributed by atoms with van der Waals surface area (Å²) in [5.74, 6) is 0.519. The molecule has 0 aliphatic carbocycles. The Morgan fingerprint density at radius 2 is 2.50 bits per heavy atom. The van der Waals surface area contributed by atoms with Gasteiger partial charge in [-0.1, -0.05) is 0 Å². The molecule has 0 aliphatic heterocycles. The Bertz CT molecular complexity index is 457. The molecule has 2 aromatic heterocycles. The van der Waals surface area contributed by atoms with E-state index in [0.717, 1.165) is 0 Å². The summed E-state index contributed by atoms with van der Waals surface area (Å²) in [5, 5.41) is 2.73. The van der Waals surface area contributed by atoms with E-state index in [-0.39, 0.29) is 5.56 Å². The van der Waals surface area contributed by atoms with E-state index in [9.17, 15) is 4.79 Å². The molecule has 2 aromatic rings. The molecule has 0 aromatic carbocycles. The molecule has 0 aliphatic rings. The Morgan fingerprint density at radius 3 is 3.17 bits per heavy atom. The molecule has 0 saturated carbocycles. The topological polar surface area (TPSA) is 59.4 Å². The second-order valence-corrected chi connectivity index (χ2v) is 2.30. The maximum absolute atomic E-state index is 11.1. The molecular weight excluding hydrogens is 158 g/mol. The van der Waals surface area contributed by atoms with Crippen LogP contribution in [0.3, 0.4) is 0 Å². The zero-order valence-corrected chi connectivity index (χ0v) is 6.44. The van der Waals surface area contributed by atoms with Gasteiger partial charge in [0.15, 0.2) is 5.65 Å². The summed E-state index contributed by atoms with van der Waals surface area (Å²) < 4.78 is 6.22. The van der Waals surface area contributed by atoms with E-state index in [2.05, 4.69) is 10.1 Å². The first-order valence-electron chi connectivity index (χ1n) is 3.42. The van der Waals surface area contributed by atoms with Gasteiger partial charge in [0.1, 0.15) is 0 Å². The molecule has 0 radical (unpaired) electrons. The van der Waals surface area contributed by atoms with Crippen molar-refractivity contribution in [1.82, 2.24) is 14.6 Å². The van der Waals surface area contributed by atoms with Crippen LogP contribution < -0.4 is 10.3 Å². The highest BCUT2D eigenvalue weighted by atomic mass is 16.5. The number of aromatic amines is 1. The van der Waals surface area contributed by atoms with E-state index in [1.165, 1.54) is 23.9 Å². The van der Waals surface area contributed by atoms with Crippen LogP contribution in [0.25, 0.3) is 5.65 Å². The third-order valence-corrected chi connectivity index (χ3v) is 1.58. The Balaban J connectivity index is 2.83. The molecule has 0 atom stereocenters. The second-order valence-electron chi connectivity index (χ2n) is 2.30. The first kappa shape index (κ1) is 6.90. The predicted molar refractivity (Wildman–Crippen MR) is 42.4 cm³/mol. The van der Waals surface area contributed by atoms with Gasteiger partial charge < -0.3 is 4.74 Å². The van der Waals surface area contributed by atoms with Crippen molar-refractivity contribution >= 4 is 5.65 Å². The smallest absolute Gasteiger partial charge is 0.272 e. The number of fused-ring (bicyclic) bond motifs is 1. The minimum Gasteiger partial charge on any atom is -0.481 e. The maximum Gasteiger partial charge on any atom is 0.272 e. The van der Waals surface area contributed by atoms with Crippen LogP contribution in [-0.4, -0.2) is 21.7 Å². The average molecular weight is 165 g/mol. The number of hydrogen-bond donors (Lipinski definition) is 1. The van der Waals surface area contributed by atoms with Gasteiger partial charge in [-0.25, -0.2) is 4.98 Å². The lowest BCUT2D eigenvalue weighted by Gasteiger charge is -1.89. The zero-order valence-electron chi connectivity index (χ0n) is 6.44. The van der Waals surface area contributed by atoms with E-state index >= 15 is 0 Å². The van der Waals surface area contributed by atoms with Gasteiger partial charge in [0.05, 0.1) is 7.11 Å². The summed E-state index contributed by atoms with van der Waals surface area (Å²) in [6, 6.07) is 3.03. The standard InChI is InChI=1S/C7H7N3O2/c1-12-6-4-5-8-3-2-7(11)10(5)9-6/h2-4,9H,1H3. The van der Waals surface area contributed by atoms with Gasteiger partial charge in [-0.05, 0) is 0 Å². The van der Waals surface area contributed by atoms with E-state index in [0.29, 0.717) is 11.5 Å². The Kier molecular flexibility index (Phi) is 1.36. The molecule has 5 nitrogen and oxygen atoms in total. The lowest BCUT2D eigenvalue weighted by atomic mass is 10.6. The van der Waals surface area contributed by atoms with Crippen LogP contribution in [0.5, 0.6) is 5.88 Å². The molecule has 2 heterocycles. The predicted octanol–water partition coefficient (Wildman–Crippen LogP) is 0.0312. The summed E-state index contributed by atoms with van der Waals surface area (Å²) >= 11 is 0. The molecule has 2 rings (SSSR count). The third-order valence-electron chi connectivity index (χ3n) is 1.58. The van der Waals surface area contributed by atoms with Crippen molar-refractivity contribution in [1.29, 1.82) is 0 Å². The van der Waals surface area contributed by atoms with Crippen LogP contribution in [0.1, 0.15) is 0 Å². The number of hydrogen-bond acceptors (Lipinski definition) is 3. The zero-order chi connectivity index (χ0) is 8.55. The van der Waals surface area contributed by atoms with Crippen LogP contribution in [-0.2, 0) is 0 Å². The molecule has 0 amide bonds. The summed E-state index contributed by atoms with van der Waals surface area (Å²) in [7, 11) is 1.52. The molecule has 5 heteroatoms. The maximum atomic E-state index is 11.1. The number of nitrogens with zero attached hydrogens (tertiary/aromatic N) is 2. The van der Waals surface area contributed by atoms with E-state index < -0.39 is 0 Å². The van der Waals surface area contributed by atoms with Gasteiger partial charge in [0.2, 0.25) is 5.88 Å². The highest BCUT2D eigenvalue weighted by Gasteiger charge is 2.00. The van der Waals surface area contributed by atoms with Crippen molar-refractivity contribution in [3.05, 3.63) is 28.7 Å². The largest absolute Gasteiger partial charge is 0.481 e. The lowest BCUT2D eigenvalue weighted by Crippen LogP contribution is -2.12. The highest BCUT2D eigenvalue weighted by Crippen LogP contribution is 2.06. The molecule has 0 saturated heterocycles. The van der Waals surface area contributed by atoms with E-state index in [1.807, 2.05) is 0 Å². The minimum absolute atomic E-state index is 0.150. The van der Waals surface area contributed by atoms with Gasteiger partial charge in [0.25, 0.3) is 5.56 Å². The van der Waals surface area contributed by atoms with Crippen LogP contribution >= 0.6 is 0 Å². The third kappa shape index (κ3) is 0.868. The normalized spacial score (nSPS) is 10.4. The molecular formula is C7H7N3O2. The molecule has 0 bridgehead atoms.